The van der Waals surface area contributed by atoms with Crippen LogP contribution in [0.25, 0.3) is 10.1 Å². The van der Waals surface area contributed by atoms with Crippen LogP contribution in [-0.4, -0.2) is 48.1 Å². The smallest absolute Gasteiger partial charge is 0.256 e. The summed E-state index contributed by atoms with van der Waals surface area (Å²) in [4.78, 5) is 27.2. The van der Waals surface area contributed by atoms with Gasteiger partial charge in [0.1, 0.15) is 10.0 Å². The lowest BCUT2D eigenvalue weighted by atomic mass is 10.1. The first-order valence-electron chi connectivity index (χ1n) is 9.49. The molecular weight excluding hydrogens is 461 g/mol. The van der Waals surface area contributed by atoms with Crippen LogP contribution >= 0.6 is 34.5 Å². The number of ether oxygens (including phenoxy) is 1. The van der Waals surface area contributed by atoms with E-state index in [1.54, 1.807) is 12.1 Å². The average molecular weight is 480 g/mol. The van der Waals surface area contributed by atoms with Crippen LogP contribution in [0.5, 0.6) is 5.75 Å². The van der Waals surface area contributed by atoms with Crippen LogP contribution in [0.15, 0.2) is 30.3 Å². The number of aromatic hydroxyl groups is 1. The highest BCUT2D eigenvalue weighted by atomic mass is 35.5. The van der Waals surface area contributed by atoms with E-state index in [-0.39, 0.29) is 26.4 Å². The molecule has 0 unspecified atom stereocenters. The van der Waals surface area contributed by atoms with Crippen molar-refractivity contribution in [3.8, 4) is 5.75 Å². The summed E-state index contributed by atoms with van der Waals surface area (Å²) < 4.78 is 5.77. The Bertz CT molecular complexity index is 1160. The quantitative estimate of drug-likeness (QED) is 0.510. The first kappa shape index (κ1) is 21.9. The summed E-state index contributed by atoms with van der Waals surface area (Å²) in [6.07, 6.45) is 0. The highest BCUT2D eigenvalue weighted by Gasteiger charge is 2.23. The minimum atomic E-state index is -0.736. The normalized spacial score (nSPS) is 14.6. The van der Waals surface area contributed by atoms with Crippen molar-refractivity contribution in [1.29, 1.82) is 0 Å². The third-order valence-corrected chi connectivity index (χ3v) is 6.96. The molecule has 1 aliphatic rings. The van der Waals surface area contributed by atoms with Gasteiger partial charge in [-0.2, -0.15) is 0 Å². The summed E-state index contributed by atoms with van der Waals surface area (Å²) in [5.74, 6) is -1.42. The van der Waals surface area contributed by atoms with E-state index in [2.05, 4.69) is 10.2 Å². The minimum Gasteiger partial charge on any atom is -0.505 e. The molecule has 0 atom stereocenters. The summed E-state index contributed by atoms with van der Waals surface area (Å²) in [7, 11) is 0. The van der Waals surface area contributed by atoms with E-state index >= 15 is 0 Å². The molecule has 2 aromatic carbocycles. The van der Waals surface area contributed by atoms with Gasteiger partial charge in [-0.15, -0.1) is 11.3 Å². The molecule has 4 rings (SSSR count). The number of thiophene rings is 1. The lowest BCUT2D eigenvalue weighted by molar-refractivity contribution is 0.0342. The summed E-state index contributed by atoms with van der Waals surface area (Å²) in [6.45, 7) is 4.00. The summed E-state index contributed by atoms with van der Waals surface area (Å²) >= 11 is 13.2. The monoisotopic (exact) mass is 479 g/mol. The van der Waals surface area contributed by atoms with Crippen molar-refractivity contribution in [3.05, 3.63) is 57.1 Å². The van der Waals surface area contributed by atoms with Crippen molar-refractivity contribution in [2.24, 2.45) is 5.73 Å². The maximum absolute atomic E-state index is 12.8. The highest BCUT2D eigenvalue weighted by molar-refractivity contribution is 7.24. The van der Waals surface area contributed by atoms with Crippen molar-refractivity contribution in [2.45, 2.75) is 6.54 Å². The number of hydrogen-bond acceptors (Lipinski definition) is 6. The van der Waals surface area contributed by atoms with E-state index < -0.39 is 11.8 Å². The molecule has 7 nitrogen and oxygen atoms in total. The van der Waals surface area contributed by atoms with Crippen LogP contribution in [0.1, 0.15) is 26.3 Å². The molecular formula is C21H19Cl2N3O4S. The predicted molar refractivity (Wildman–Crippen MR) is 123 cm³/mol. The third kappa shape index (κ3) is 4.49. The number of halogens is 2. The fourth-order valence-corrected chi connectivity index (χ4v) is 5.13. The van der Waals surface area contributed by atoms with E-state index in [4.69, 9.17) is 33.7 Å². The molecule has 31 heavy (non-hydrogen) atoms. The largest absolute Gasteiger partial charge is 0.505 e. The number of phenols is 1. The van der Waals surface area contributed by atoms with Gasteiger partial charge < -0.3 is 20.9 Å². The number of phenolic OH excluding ortho intramolecular Hbond substituents is 1. The van der Waals surface area contributed by atoms with Crippen LogP contribution in [0.2, 0.25) is 10.0 Å². The minimum absolute atomic E-state index is 0.00275. The van der Waals surface area contributed by atoms with Crippen LogP contribution in [-0.2, 0) is 11.3 Å². The Morgan fingerprint density at radius 3 is 2.52 bits per heavy atom. The third-order valence-electron chi connectivity index (χ3n) is 5.05. The van der Waals surface area contributed by atoms with Crippen molar-refractivity contribution in [3.63, 3.8) is 0 Å². The van der Waals surface area contributed by atoms with E-state index in [1.165, 1.54) is 6.07 Å². The SMILES string of the molecule is NC(=O)c1c(NC(=O)c2ccc(CN3CCOCC3)cc2)sc2c(Cl)c(O)c(Cl)cc12. The molecule has 162 valence electrons. The molecule has 0 saturated carbocycles. The summed E-state index contributed by atoms with van der Waals surface area (Å²) in [5, 5.41) is 13.3. The zero-order valence-electron chi connectivity index (χ0n) is 16.3. The topological polar surface area (TPSA) is 105 Å². The maximum atomic E-state index is 12.8. The predicted octanol–water partition coefficient (Wildman–Crippen LogP) is 4.10. The van der Waals surface area contributed by atoms with Gasteiger partial charge in [-0.3, -0.25) is 14.5 Å². The average Bonchev–Trinajstić information content (AvgIpc) is 3.11. The fourth-order valence-electron chi connectivity index (χ4n) is 3.44. The van der Waals surface area contributed by atoms with Gasteiger partial charge in [0.25, 0.3) is 11.8 Å². The van der Waals surface area contributed by atoms with Gasteiger partial charge >= 0.3 is 0 Å². The Morgan fingerprint density at radius 2 is 1.87 bits per heavy atom. The van der Waals surface area contributed by atoms with Crippen LogP contribution < -0.4 is 11.1 Å². The van der Waals surface area contributed by atoms with Gasteiger partial charge in [0.15, 0.2) is 5.75 Å². The van der Waals surface area contributed by atoms with Crippen LogP contribution in [0.3, 0.4) is 0 Å². The van der Waals surface area contributed by atoms with Gasteiger partial charge in [-0.25, -0.2) is 0 Å². The van der Waals surface area contributed by atoms with Gasteiger partial charge in [0.05, 0.1) is 28.5 Å². The zero-order valence-corrected chi connectivity index (χ0v) is 18.6. The number of hydrogen-bond donors (Lipinski definition) is 3. The van der Waals surface area contributed by atoms with E-state index in [1.807, 2.05) is 12.1 Å². The Kier molecular flexibility index (Phi) is 6.36. The van der Waals surface area contributed by atoms with Crippen molar-refractivity contribution >= 4 is 61.4 Å². The Balaban J connectivity index is 1.57. The lowest BCUT2D eigenvalue weighted by Crippen LogP contribution is -2.35. The zero-order chi connectivity index (χ0) is 22.1. The molecule has 1 saturated heterocycles. The maximum Gasteiger partial charge on any atom is 0.256 e. The number of rotatable bonds is 5. The number of fused-ring (bicyclic) bond motifs is 1. The summed E-state index contributed by atoms with van der Waals surface area (Å²) in [6, 6.07) is 8.68. The summed E-state index contributed by atoms with van der Waals surface area (Å²) in [5.41, 5.74) is 7.17. The van der Waals surface area contributed by atoms with Gasteiger partial charge in [0, 0.05) is 30.6 Å². The van der Waals surface area contributed by atoms with Gasteiger partial charge in [-0.05, 0) is 23.8 Å². The molecule has 1 aliphatic heterocycles. The second-order valence-corrected chi connectivity index (χ2v) is 8.91. The number of benzene rings is 2. The number of nitrogens with zero attached hydrogens (tertiary/aromatic N) is 1. The lowest BCUT2D eigenvalue weighted by Gasteiger charge is -2.26. The van der Waals surface area contributed by atoms with Crippen molar-refractivity contribution in [1.82, 2.24) is 4.90 Å². The van der Waals surface area contributed by atoms with Crippen molar-refractivity contribution in [2.75, 3.05) is 31.6 Å². The molecule has 0 spiro atoms. The molecule has 4 N–H and O–H groups in total. The molecule has 0 radical (unpaired) electrons. The van der Waals surface area contributed by atoms with Crippen LogP contribution in [0.4, 0.5) is 5.00 Å². The van der Waals surface area contributed by atoms with Gasteiger partial charge in [0.2, 0.25) is 0 Å². The van der Waals surface area contributed by atoms with E-state index in [0.717, 1.165) is 49.7 Å². The van der Waals surface area contributed by atoms with Crippen LogP contribution in [0, 0.1) is 0 Å². The Hall–Kier alpha value is -2.36. The number of carbonyl (C=O) groups is 2. The number of nitrogens with one attached hydrogen (secondary N) is 1. The number of anilines is 1. The fraction of sp³-hybridized carbons (Fsp3) is 0.238. The Labute approximate surface area is 192 Å². The first-order valence-corrected chi connectivity index (χ1v) is 11.1. The molecule has 1 fully saturated rings. The standard InChI is InChI=1S/C21H19Cl2N3O4S/c22-14-9-13-15(19(24)28)21(31-18(13)16(23)17(14)27)25-20(29)12-3-1-11(2-4-12)10-26-5-7-30-8-6-26/h1-4,9,27H,5-8,10H2,(H2,24,28)(H,25,29). The highest BCUT2D eigenvalue weighted by Crippen LogP contribution is 2.46. The molecule has 10 heteroatoms. The Morgan fingerprint density at radius 1 is 1.19 bits per heavy atom. The number of morpholine rings is 1. The molecule has 0 bridgehead atoms. The first-order chi connectivity index (χ1) is 14.8. The number of nitrogens with two attached hydrogens (primary N) is 1. The number of amides is 2. The number of primary amides is 1. The van der Waals surface area contributed by atoms with Crippen molar-refractivity contribution < 1.29 is 19.4 Å². The second-order valence-electron chi connectivity index (χ2n) is 7.11. The molecule has 3 aromatic rings. The number of carbonyl (C=O) groups excluding carboxylic acids is 2. The molecule has 1 aromatic heterocycles. The molecule has 0 aliphatic carbocycles. The van der Waals surface area contributed by atoms with E-state index in [9.17, 15) is 14.7 Å². The molecule has 2 heterocycles. The van der Waals surface area contributed by atoms with E-state index in [0.29, 0.717) is 15.6 Å². The second kappa shape index (κ2) is 9.02. The van der Waals surface area contributed by atoms with Gasteiger partial charge in [-0.1, -0.05) is 35.3 Å². The molecule has 2 amide bonds.